The number of benzene rings is 1. The van der Waals surface area contributed by atoms with Crippen LogP contribution < -0.4 is 5.32 Å². The number of aromatic nitrogens is 2. The third kappa shape index (κ3) is 2.97. The first-order valence-electron chi connectivity index (χ1n) is 8.02. The lowest BCUT2D eigenvalue weighted by atomic mass is 10.2. The zero-order valence-electron chi connectivity index (χ0n) is 13.4. The molecule has 1 saturated heterocycles. The summed E-state index contributed by atoms with van der Waals surface area (Å²) in [5.74, 6) is 0.737. The Kier molecular flexibility index (Phi) is 3.90. The lowest BCUT2D eigenvalue weighted by Crippen LogP contribution is -2.31. The van der Waals surface area contributed by atoms with Gasteiger partial charge in [0.2, 0.25) is 5.95 Å². The summed E-state index contributed by atoms with van der Waals surface area (Å²) >= 11 is 1.57. The van der Waals surface area contributed by atoms with Crippen molar-refractivity contribution in [3.05, 3.63) is 53.2 Å². The molecule has 3 aromatic rings. The predicted octanol–water partition coefficient (Wildman–Crippen LogP) is 3.33. The highest BCUT2D eigenvalue weighted by molar-refractivity contribution is 7.20. The minimum absolute atomic E-state index is 0.118. The van der Waals surface area contributed by atoms with Crippen LogP contribution in [-0.2, 0) is 0 Å². The molecule has 3 heterocycles. The van der Waals surface area contributed by atoms with Crippen LogP contribution in [0, 0.1) is 6.92 Å². The standard InChI is InChI=1S/C18H18N4OS/c1-12-3-4-15-13(9-12)10-16(24-15)17(23)22-8-5-14(11-22)21-18-19-6-2-7-20-18/h2-4,6-7,9-10,14H,5,8,11H2,1H3,(H,19,20,21). The molecule has 5 nitrogen and oxygen atoms in total. The highest BCUT2D eigenvalue weighted by atomic mass is 32.1. The molecule has 0 bridgehead atoms. The van der Waals surface area contributed by atoms with Crippen LogP contribution in [0.3, 0.4) is 0 Å². The molecule has 1 aromatic carbocycles. The predicted molar refractivity (Wildman–Crippen MR) is 96.5 cm³/mol. The number of carbonyl (C=O) groups excluding carboxylic acids is 1. The van der Waals surface area contributed by atoms with Gasteiger partial charge < -0.3 is 10.2 Å². The van der Waals surface area contributed by atoms with E-state index in [1.54, 1.807) is 29.8 Å². The van der Waals surface area contributed by atoms with E-state index in [0.717, 1.165) is 27.9 Å². The summed E-state index contributed by atoms with van der Waals surface area (Å²) in [6.45, 7) is 3.52. The molecule has 24 heavy (non-hydrogen) atoms. The monoisotopic (exact) mass is 338 g/mol. The zero-order valence-corrected chi connectivity index (χ0v) is 14.2. The van der Waals surface area contributed by atoms with Gasteiger partial charge in [-0.05, 0) is 36.9 Å². The third-order valence-electron chi connectivity index (χ3n) is 4.26. The average Bonchev–Trinajstić information content (AvgIpc) is 3.21. The molecular formula is C18H18N4OS. The number of nitrogens with one attached hydrogen (secondary N) is 1. The highest BCUT2D eigenvalue weighted by Gasteiger charge is 2.28. The van der Waals surface area contributed by atoms with E-state index in [1.807, 2.05) is 11.0 Å². The average molecular weight is 338 g/mol. The summed E-state index contributed by atoms with van der Waals surface area (Å²) in [6.07, 6.45) is 4.34. The van der Waals surface area contributed by atoms with Crippen molar-refractivity contribution in [2.75, 3.05) is 18.4 Å². The Morgan fingerprint density at radius 1 is 1.29 bits per heavy atom. The Morgan fingerprint density at radius 2 is 2.12 bits per heavy atom. The molecule has 0 aliphatic carbocycles. The van der Waals surface area contributed by atoms with Crippen LogP contribution in [0.2, 0.25) is 0 Å². The Morgan fingerprint density at radius 3 is 2.96 bits per heavy atom. The van der Waals surface area contributed by atoms with Crippen LogP contribution in [-0.4, -0.2) is 39.9 Å². The summed E-state index contributed by atoms with van der Waals surface area (Å²) in [6, 6.07) is 10.3. The van der Waals surface area contributed by atoms with Crippen LogP contribution >= 0.6 is 11.3 Å². The van der Waals surface area contributed by atoms with Gasteiger partial charge in [-0.1, -0.05) is 17.7 Å². The van der Waals surface area contributed by atoms with Crippen LogP contribution in [0.4, 0.5) is 5.95 Å². The number of carbonyl (C=O) groups is 1. The van der Waals surface area contributed by atoms with E-state index in [1.165, 1.54) is 5.56 Å². The Labute approximate surface area is 144 Å². The number of fused-ring (bicyclic) bond motifs is 1. The maximum absolute atomic E-state index is 12.8. The largest absolute Gasteiger partial charge is 0.350 e. The first-order valence-corrected chi connectivity index (χ1v) is 8.84. The zero-order chi connectivity index (χ0) is 16.5. The van der Waals surface area contributed by atoms with Gasteiger partial charge in [0, 0.05) is 36.2 Å². The molecule has 2 aromatic heterocycles. The van der Waals surface area contributed by atoms with Gasteiger partial charge in [-0.15, -0.1) is 11.3 Å². The molecule has 122 valence electrons. The Bertz CT molecular complexity index is 877. The van der Waals surface area contributed by atoms with Gasteiger partial charge >= 0.3 is 0 Å². The molecule has 1 unspecified atom stereocenters. The molecule has 4 rings (SSSR count). The fraction of sp³-hybridized carbons (Fsp3) is 0.278. The second kappa shape index (κ2) is 6.20. The van der Waals surface area contributed by atoms with Crippen molar-refractivity contribution >= 4 is 33.3 Å². The summed E-state index contributed by atoms with van der Waals surface area (Å²) in [5, 5.41) is 4.45. The van der Waals surface area contributed by atoms with Crippen LogP contribution in [0.15, 0.2) is 42.7 Å². The lowest BCUT2D eigenvalue weighted by Gasteiger charge is -2.16. The number of rotatable bonds is 3. The van der Waals surface area contributed by atoms with Gasteiger partial charge in [0.25, 0.3) is 5.91 Å². The molecule has 1 N–H and O–H groups in total. The summed E-state index contributed by atoms with van der Waals surface area (Å²) in [5.41, 5.74) is 1.22. The van der Waals surface area contributed by atoms with Gasteiger partial charge in [-0.2, -0.15) is 0 Å². The van der Waals surface area contributed by atoms with Crippen molar-refractivity contribution in [1.82, 2.24) is 14.9 Å². The number of hydrogen-bond donors (Lipinski definition) is 1. The molecule has 0 saturated carbocycles. The van der Waals surface area contributed by atoms with E-state index in [4.69, 9.17) is 0 Å². The number of aryl methyl sites for hydroxylation is 1. The summed E-state index contributed by atoms with van der Waals surface area (Å²) < 4.78 is 1.16. The molecule has 6 heteroatoms. The van der Waals surface area contributed by atoms with Crippen LogP contribution in [0.25, 0.3) is 10.1 Å². The summed E-state index contributed by atoms with van der Waals surface area (Å²) in [7, 11) is 0. The normalized spacial score (nSPS) is 17.4. The molecule has 1 aliphatic rings. The van der Waals surface area contributed by atoms with Gasteiger partial charge in [0.1, 0.15) is 0 Å². The van der Waals surface area contributed by atoms with E-state index >= 15 is 0 Å². The third-order valence-corrected chi connectivity index (χ3v) is 5.36. The van der Waals surface area contributed by atoms with E-state index < -0.39 is 0 Å². The topological polar surface area (TPSA) is 58.1 Å². The fourth-order valence-electron chi connectivity index (χ4n) is 3.04. The van der Waals surface area contributed by atoms with E-state index in [9.17, 15) is 4.79 Å². The number of hydrogen-bond acceptors (Lipinski definition) is 5. The molecule has 1 aliphatic heterocycles. The molecule has 1 amide bonds. The number of nitrogens with zero attached hydrogens (tertiary/aromatic N) is 3. The van der Waals surface area contributed by atoms with Gasteiger partial charge in [-0.3, -0.25) is 4.79 Å². The first-order chi connectivity index (χ1) is 11.7. The van der Waals surface area contributed by atoms with Crippen molar-refractivity contribution in [2.45, 2.75) is 19.4 Å². The number of thiophene rings is 1. The quantitative estimate of drug-likeness (QED) is 0.796. The Balaban J connectivity index is 1.46. The number of likely N-dealkylation sites (tertiary alicyclic amines) is 1. The number of anilines is 1. The summed E-state index contributed by atoms with van der Waals surface area (Å²) in [4.78, 5) is 23.9. The van der Waals surface area contributed by atoms with Crippen molar-refractivity contribution in [3.8, 4) is 0 Å². The molecule has 1 fully saturated rings. The number of amides is 1. The van der Waals surface area contributed by atoms with Crippen molar-refractivity contribution in [1.29, 1.82) is 0 Å². The second-order valence-corrected chi connectivity index (χ2v) is 7.19. The van der Waals surface area contributed by atoms with Crippen LogP contribution in [0.1, 0.15) is 21.7 Å². The van der Waals surface area contributed by atoms with E-state index in [-0.39, 0.29) is 11.9 Å². The van der Waals surface area contributed by atoms with Gasteiger partial charge in [-0.25, -0.2) is 9.97 Å². The van der Waals surface area contributed by atoms with Crippen LogP contribution in [0.5, 0.6) is 0 Å². The minimum Gasteiger partial charge on any atom is -0.350 e. The Hall–Kier alpha value is -2.47. The molecule has 0 spiro atoms. The maximum Gasteiger partial charge on any atom is 0.264 e. The minimum atomic E-state index is 0.118. The van der Waals surface area contributed by atoms with Crippen molar-refractivity contribution in [3.63, 3.8) is 0 Å². The molecule has 0 radical (unpaired) electrons. The second-order valence-electron chi connectivity index (χ2n) is 6.11. The highest BCUT2D eigenvalue weighted by Crippen LogP contribution is 2.28. The van der Waals surface area contributed by atoms with Gasteiger partial charge in [0.15, 0.2) is 0 Å². The lowest BCUT2D eigenvalue weighted by molar-refractivity contribution is 0.0796. The van der Waals surface area contributed by atoms with Gasteiger partial charge in [0.05, 0.1) is 4.88 Å². The van der Waals surface area contributed by atoms with Crippen molar-refractivity contribution in [2.24, 2.45) is 0 Å². The molecule has 1 atom stereocenters. The molecular weight excluding hydrogens is 320 g/mol. The van der Waals surface area contributed by atoms with E-state index in [0.29, 0.717) is 12.5 Å². The first kappa shape index (κ1) is 15.1. The smallest absolute Gasteiger partial charge is 0.264 e. The van der Waals surface area contributed by atoms with Crippen molar-refractivity contribution < 1.29 is 4.79 Å². The fourth-order valence-corrected chi connectivity index (χ4v) is 4.05. The SMILES string of the molecule is Cc1ccc2sc(C(=O)N3CCC(Nc4ncccn4)C3)cc2c1. The maximum atomic E-state index is 12.8. The van der Waals surface area contributed by atoms with E-state index in [2.05, 4.69) is 40.4 Å².